The minimum Gasteiger partial charge on any atom is -0.355 e. The van der Waals surface area contributed by atoms with Gasteiger partial charge in [-0.3, -0.25) is 4.79 Å². The summed E-state index contributed by atoms with van der Waals surface area (Å²) < 4.78 is 23.2. The molecule has 0 aromatic heterocycles. The van der Waals surface area contributed by atoms with Crippen LogP contribution in [0.5, 0.6) is 0 Å². The van der Waals surface area contributed by atoms with Gasteiger partial charge in [0.1, 0.15) is 0 Å². The molecule has 2 atom stereocenters. The summed E-state index contributed by atoms with van der Waals surface area (Å²) in [6.45, 7) is 2.23. The second-order valence-electron chi connectivity index (χ2n) is 5.35. The molecule has 0 spiro atoms. The van der Waals surface area contributed by atoms with Crippen molar-refractivity contribution >= 4 is 15.7 Å². The van der Waals surface area contributed by atoms with Crippen molar-refractivity contribution in [3.05, 3.63) is 0 Å². The molecule has 5 nitrogen and oxygen atoms in total. The average Bonchev–Trinajstić information content (AvgIpc) is 2.67. The predicted molar refractivity (Wildman–Crippen MR) is 70.0 cm³/mol. The quantitative estimate of drug-likeness (QED) is 0.761. The predicted octanol–water partition coefficient (Wildman–Crippen LogP) is 0.0695. The minimum absolute atomic E-state index is 0.00852. The van der Waals surface area contributed by atoms with E-state index in [1.165, 1.54) is 0 Å². The summed E-state index contributed by atoms with van der Waals surface area (Å²) in [4.78, 5) is 11.7. The van der Waals surface area contributed by atoms with Crippen molar-refractivity contribution in [3.8, 4) is 0 Å². The highest BCUT2D eigenvalue weighted by Crippen LogP contribution is 2.19. The molecule has 2 fully saturated rings. The Bertz CT molecular complexity index is 388. The van der Waals surface area contributed by atoms with E-state index in [1.54, 1.807) is 0 Å². The van der Waals surface area contributed by atoms with Gasteiger partial charge in [-0.2, -0.15) is 0 Å². The molecule has 0 aromatic carbocycles. The molecule has 2 heterocycles. The van der Waals surface area contributed by atoms with Crippen molar-refractivity contribution in [2.24, 2.45) is 5.92 Å². The first-order chi connectivity index (χ1) is 8.58. The van der Waals surface area contributed by atoms with Gasteiger partial charge in [-0.25, -0.2) is 8.42 Å². The van der Waals surface area contributed by atoms with Crippen LogP contribution < -0.4 is 10.6 Å². The van der Waals surface area contributed by atoms with E-state index in [4.69, 9.17) is 0 Å². The van der Waals surface area contributed by atoms with Gasteiger partial charge in [-0.1, -0.05) is 0 Å². The summed E-state index contributed by atoms with van der Waals surface area (Å²) in [5, 5.41) is 5.70. The van der Waals surface area contributed by atoms with E-state index in [0.717, 1.165) is 32.4 Å². The molecule has 0 saturated carbocycles. The van der Waals surface area contributed by atoms with Crippen LogP contribution in [0.3, 0.4) is 0 Å². The summed E-state index contributed by atoms with van der Waals surface area (Å²) in [6, 6.07) is 0. The van der Waals surface area contributed by atoms with Crippen LogP contribution in [0, 0.1) is 5.92 Å². The van der Waals surface area contributed by atoms with Gasteiger partial charge < -0.3 is 10.6 Å². The molecule has 2 N–H and O–H groups in total. The third kappa shape index (κ3) is 3.68. The third-order valence-electron chi connectivity index (χ3n) is 3.86. The van der Waals surface area contributed by atoms with Crippen LogP contribution in [0.4, 0.5) is 0 Å². The van der Waals surface area contributed by atoms with E-state index in [1.807, 2.05) is 0 Å². The van der Waals surface area contributed by atoms with Crippen molar-refractivity contribution in [1.29, 1.82) is 0 Å². The monoisotopic (exact) mass is 274 g/mol. The van der Waals surface area contributed by atoms with Gasteiger partial charge >= 0.3 is 0 Å². The molecule has 1 amide bonds. The maximum absolute atomic E-state index is 11.7. The molecule has 2 unspecified atom stereocenters. The fourth-order valence-electron chi connectivity index (χ4n) is 2.75. The SMILES string of the molecule is O=C(CC1CCCNC1)NCC1CCCS1(=O)=O. The smallest absolute Gasteiger partial charge is 0.220 e. The Morgan fingerprint density at radius 2 is 2.11 bits per heavy atom. The normalized spacial score (nSPS) is 31.1. The lowest BCUT2D eigenvalue weighted by atomic mass is 9.96. The molecule has 0 aromatic rings. The number of hydrogen-bond acceptors (Lipinski definition) is 4. The highest BCUT2D eigenvalue weighted by Gasteiger charge is 2.31. The van der Waals surface area contributed by atoms with E-state index in [0.29, 0.717) is 25.3 Å². The zero-order valence-corrected chi connectivity index (χ0v) is 11.5. The number of hydrogen-bond donors (Lipinski definition) is 2. The molecular weight excluding hydrogens is 252 g/mol. The standard InChI is InChI=1S/C12H22N2O3S/c15-12(7-10-3-1-5-13-8-10)14-9-11-4-2-6-18(11,16)17/h10-11,13H,1-9H2,(H,14,15). The summed E-state index contributed by atoms with van der Waals surface area (Å²) in [5.41, 5.74) is 0. The van der Waals surface area contributed by atoms with Gasteiger partial charge in [-0.15, -0.1) is 0 Å². The van der Waals surface area contributed by atoms with Crippen LogP contribution in [0.15, 0.2) is 0 Å². The minimum atomic E-state index is -2.94. The Labute approximate surface area is 109 Å². The van der Waals surface area contributed by atoms with Gasteiger partial charge in [0, 0.05) is 13.0 Å². The molecule has 2 rings (SSSR count). The lowest BCUT2D eigenvalue weighted by molar-refractivity contribution is -0.122. The first-order valence-corrected chi connectivity index (χ1v) is 8.48. The fourth-order valence-corrected chi connectivity index (χ4v) is 4.51. The van der Waals surface area contributed by atoms with Crippen LogP contribution in [0.25, 0.3) is 0 Å². The van der Waals surface area contributed by atoms with E-state index in [2.05, 4.69) is 10.6 Å². The van der Waals surface area contributed by atoms with E-state index >= 15 is 0 Å². The van der Waals surface area contributed by atoms with Crippen molar-refractivity contribution in [3.63, 3.8) is 0 Å². The van der Waals surface area contributed by atoms with Crippen LogP contribution in [0.2, 0.25) is 0 Å². The number of piperidine rings is 1. The topological polar surface area (TPSA) is 75.3 Å². The molecule has 2 saturated heterocycles. The highest BCUT2D eigenvalue weighted by atomic mass is 32.2. The maximum Gasteiger partial charge on any atom is 0.220 e. The summed E-state index contributed by atoms with van der Waals surface area (Å²) >= 11 is 0. The van der Waals surface area contributed by atoms with Gasteiger partial charge in [0.15, 0.2) is 9.84 Å². The van der Waals surface area contributed by atoms with E-state index < -0.39 is 9.84 Å². The number of amides is 1. The Morgan fingerprint density at radius 1 is 1.28 bits per heavy atom. The Balaban J connectivity index is 1.71. The molecule has 0 radical (unpaired) electrons. The zero-order chi connectivity index (χ0) is 13.0. The highest BCUT2D eigenvalue weighted by molar-refractivity contribution is 7.92. The van der Waals surface area contributed by atoms with Crippen molar-refractivity contribution in [2.75, 3.05) is 25.4 Å². The van der Waals surface area contributed by atoms with Gasteiger partial charge in [0.2, 0.25) is 5.91 Å². The molecule has 104 valence electrons. The van der Waals surface area contributed by atoms with Gasteiger partial charge in [0.25, 0.3) is 0 Å². The van der Waals surface area contributed by atoms with Crippen LogP contribution in [-0.2, 0) is 14.6 Å². The lowest BCUT2D eigenvalue weighted by Gasteiger charge is -2.22. The largest absolute Gasteiger partial charge is 0.355 e. The molecule has 0 aliphatic carbocycles. The molecule has 18 heavy (non-hydrogen) atoms. The molecule has 6 heteroatoms. The van der Waals surface area contributed by atoms with E-state index in [-0.39, 0.29) is 16.9 Å². The van der Waals surface area contributed by atoms with Crippen molar-refractivity contribution in [2.45, 2.75) is 37.4 Å². The first kappa shape index (κ1) is 13.8. The Kier molecular flexibility index (Phi) is 4.61. The Hall–Kier alpha value is -0.620. The maximum atomic E-state index is 11.7. The van der Waals surface area contributed by atoms with Crippen LogP contribution in [-0.4, -0.2) is 45.0 Å². The van der Waals surface area contributed by atoms with Crippen LogP contribution >= 0.6 is 0 Å². The second-order valence-corrected chi connectivity index (χ2v) is 7.75. The molecule has 0 bridgehead atoms. The summed E-state index contributed by atoms with van der Waals surface area (Å²) in [6.07, 6.45) is 4.14. The molecule has 2 aliphatic heterocycles. The fraction of sp³-hybridized carbons (Fsp3) is 0.917. The van der Waals surface area contributed by atoms with Crippen molar-refractivity contribution in [1.82, 2.24) is 10.6 Å². The zero-order valence-electron chi connectivity index (χ0n) is 10.7. The van der Waals surface area contributed by atoms with Gasteiger partial charge in [-0.05, 0) is 44.7 Å². The van der Waals surface area contributed by atoms with Crippen molar-refractivity contribution < 1.29 is 13.2 Å². The molecule has 2 aliphatic rings. The number of sulfone groups is 1. The number of rotatable bonds is 4. The number of carbonyl (C=O) groups excluding carboxylic acids is 1. The Morgan fingerprint density at radius 3 is 2.72 bits per heavy atom. The number of carbonyl (C=O) groups is 1. The lowest BCUT2D eigenvalue weighted by Crippen LogP contribution is -2.38. The summed E-state index contributed by atoms with van der Waals surface area (Å²) in [5.74, 6) is 0.671. The van der Waals surface area contributed by atoms with Crippen LogP contribution in [0.1, 0.15) is 32.1 Å². The molecular formula is C12H22N2O3S. The first-order valence-electron chi connectivity index (χ1n) is 6.77. The average molecular weight is 274 g/mol. The van der Waals surface area contributed by atoms with E-state index in [9.17, 15) is 13.2 Å². The number of nitrogens with one attached hydrogen (secondary N) is 2. The second kappa shape index (κ2) is 6.02. The summed E-state index contributed by atoms with van der Waals surface area (Å²) in [7, 11) is -2.94. The third-order valence-corrected chi connectivity index (χ3v) is 6.14. The van der Waals surface area contributed by atoms with Gasteiger partial charge in [0.05, 0.1) is 11.0 Å².